The van der Waals surface area contributed by atoms with Crippen LogP contribution >= 0.6 is 0 Å². The maximum absolute atomic E-state index is 13.1. The Morgan fingerprint density at radius 2 is 2.04 bits per heavy atom. The summed E-state index contributed by atoms with van der Waals surface area (Å²) in [6, 6.07) is 1.84. The molecule has 2 aliphatic heterocycles. The maximum Gasteiger partial charge on any atom is 0.274 e. The van der Waals surface area contributed by atoms with E-state index in [2.05, 4.69) is 15.3 Å². The molecule has 0 radical (unpaired) electrons. The minimum atomic E-state index is -0.0709. The number of nitrogens with zero attached hydrogens (tertiary/aromatic N) is 5. The average molecular weight is 373 g/mol. The van der Waals surface area contributed by atoms with Crippen LogP contribution < -0.4 is 0 Å². The molecule has 4 rings (SSSR count). The summed E-state index contributed by atoms with van der Waals surface area (Å²) in [5.74, 6) is 1.49. The topological polar surface area (TPSA) is 86.3 Å². The summed E-state index contributed by atoms with van der Waals surface area (Å²) in [6.07, 6.45) is 1.78. The first kappa shape index (κ1) is 18.2. The van der Waals surface area contributed by atoms with Gasteiger partial charge in [0, 0.05) is 50.4 Å². The van der Waals surface area contributed by atoms with Crippen LogP contribution in [-0.2, 0) is 11.8 Å². The van der Waals surface area contributed by atoms with Crippen molar-refractivity contribution in [3.8, 4) is 0 Å². The first-order valence-corrected chi connectivity index (χ1v) is 9.60. The molecule has 2 fully saturated rings. The van der Waals surface area contributed by atoms with E-state index in [1.54, 1.807) is 4.68 Å². The summed E-state index contributed by atoms with van der Waals surface area (Å²) in [5, 5.41) is 12.9. The number of hydrogen-bond acceptors (Lipinski definition) is 6. The fourth-order valence-electron chi connectivity index (χ4n) is 4.20. The zero-order valence-electron chi connectivity index (χ0n) is 16.4. The fourth-order valence-corrected chi connectivity index (χ4v) is 4.20. The highest BCUT2D eigenvalue weighted by molar-refractivity contribution is 5.92. The molecule has 4 heterocycles. The van der Waals surface area contributed by atoms with E-state index in [1.165, 1.54) is 0 Å². The predicted octanol–water partition coefficient (Wildman–Crippen LogP) is 2.27. The molecule has 0 saturated carbocycles. The van der Waals surface area contributed by atoms with Gasteiger partial charge in [0.25, 0.3) is 5.91 Å². The Bertz CT molecular complexity index is 815. The van der Waals surface area contributed by atoms with Crippen molar-refractivity contribution < 1.29 is 13.9 Å². The standard InChI is InChI=1S/C19H27N5O3/c1-12(2)16-20-21-17(27-16)14-10-24(11-19(14)5-7-26-8-6-19)18(25)15-9-13(3)23(4)22-15/h9,12,14H,5-8,10-11H2,1-4H3. The van der Waals surface area contributed by atoms with Gasteiger partial charge in [0.1, 0.15) is 0 Å². The van der Waals surface area contributed by atoms with Crippen LogP contribution in [-0.4, -0.2) is 57.1 Å². The maximum atomic E-state index is 13.1. The van der Waals surface area contributed by atoms with E-state index in [-0.39, 0.29) is 23.2 Å². The Hall–Kier alpha value is -2.22. The largest absolute Gasteiger partial charge is 0.425 e. The predicted molar refractivity (Wildman–Crippen MR) is 97.5 cm³/mol. The number of hydrogen-bond donors (Lipinski definition) is 0. The molecule has 2 saturated heterocycles. The molecule has 0 bridgehead atoms. The Labute approximate surface area is 158 Å². The highest BCUT2D eigenvalue weighted by Gasteiger charge is 2.51. The summed E-state index contributed by atoms with van der Waals surface area (Å²) in [4.78, 5) is 15.0. The monoisotopic (exact) mass is 373 g/mol. The van der Waals surface area contributed by atoms with Crippen molar-refractivity contribution in [2.45, 2.75) is 45.4 Å². The Kier molecular flexibility index (Phi) is 4.53. The summed E-state index contributed by atoms with van der Waals surface area (Å²) in [6.45, 7) is 8.68. The van der Waals surface area contributed by atoms with Gasteiger partial charge in [-0.05, 0) is 25.8 Å². The second-order valence-electron chi connectivity index (χ2n) is 8.14. The summed E-state index contributed by atoms with van der Waals surface area (Å²) in [5.41, 5.74) is 1.39. The number of aryl methyl sites for hydroxylation is 2. The lowest BCUT2D eigenvalue weighted by atomic mass is 9.72. The van der Waals surface area contributed by atoms with E-state index in [1.807, 2.05) is 38.8 Å². The van der Waals surface area contributed by atoms with Gasteiger partial charge in [-0.2, -0.15) is 5.10 Å². The van der Waals surface area contributed by atoms with Gasteiger partial charge < -0.3 is 14.1 Å². The van der Waals surface area contributed by atoms with Crippen molar-refractivity contribution in [2.75, 3.05) is 26.3 Å². The molecule has 1 spiro atoms. The smallest absolute Gasteiger partial charge is 0.274 e. The van der Waals surface area contributed by atoms with E-state index in [4.69, 9.17) is 9.15 Å². The van der Waals surface area contributed by atoms with Crippen molar-refractivity contribution in [1.29, 1.82) is 0 Å². The van der Waals surface area contributed by atoms with Crippen LogP contribution in [0.25, 0.3) is 0 Å². The third-order valence-electron chi connectivity index (χ3n) is 6.00. The number of carbonyl (C=O) groups excluding carboxylic acids is 1. The van der Waals surface area contributed by atoms with Crippen molar-refractivity contribution in [3.63, 3.8) is 0 Å². The summed E-state index contributed by atoms with van der Waals surface area (Å²) >= 11 is 0. The van der Waals surface area contributed by atoms with Gasteiger partial charge in [0.05, 0.1) is 5.92 Å². The van der Waals surface area contributed by atoms with Crippen molar-refractivity contribution in [1.82, 2.24) is 24.9 Å². The van der Waals surface area contributed by atoms with Gasteiger partial charge in [0.15, 0.2) is 5.69 Å². The third-order valence-corrected chi connectivity index (χ3v) is 6.00. The van der Waals surface area contributed by atoms with E-state index < -0.39 is 0 Å². The molecule has 8 nitrogen and oxygen atoms in total. The Balaban J connectivity index is 1.63. The molecule has 0 aromatic carbocycles. The van der Waals surface area contributed by atoms with E-state index in [0.29, 0.717) is 43.8 Å². The lowest BCUT2D eigenvalue weighted by molar-refractivity contribution is 0.00885. The number of carbonyl (C=O) groups is 1. The lowest BCUT2D eigenvalue weighted by Gasteiger charge is -2.36. The summed E-state index contributed by atoms with van der Waals surface area (Å²) in [7, 11) is 1.85. The van der Waals surface area contributed by atoms with Crippen LogP contribution in [0.1, 0.15) is 66.5 Å². The first-order chi connectivity index (χ1) is 12.9. The minimum absolute atomic E-state index is 0.0318. The van der Waals surface area contributed by atoms with E-state index in [0.717, 1.165) is 18.5 Å². The quantitative estimate of drug-likeness (QED) is 0.820. The van der Waals surface area contributed by atoms with E-state index >= 15 is 0 Å². The lowest BCUT2D eigenvalue weighted by Crippen LogP contribution is -2.37. The zero-order valence-corrected chi connectivity index (χ0v) is 16.4. The zero-order chi connectivity index (χ0) is 19.2. The average Bonchev–Trinajstić information content (AvgIpc) is 3.34. The number of likely N-dealkylation sites (tertiary alicyclic amines) is 1. The number of aromatic nitrogens is 4. The van der Waals surface area contributed by atoms with Crippen LogP contribution in [0.3, 0.4) is 0 Å². The van der Waals surface area contributed by atoms with E-state index in [9.17, 15) is 4.79 Å². The van der Waals surface area contributed by atoms with Crippen molar-refractivity contribution in [3.05, 3.63) is 29.2 Å². The second-order valence-corrected chi connectivity index (χ2v) is 8.14. The number of amides is 1. The molecule has 8 heteroatoms. The van der Waals surface area contributed by atoms with Crippen LogP contribution in [0.2, 0.25) is 0 Å². The van der Waals surface area contributed by atoms with Gasteiger partial charge >= 0.3 is 0 Å². The van der Waals surface area contributed by atoms with Crippen LogP contribution in [0.4, 0.5) is 0 Å². The molecule has 146 valence electrons. The molecule has 0 aliphatic carbocycles. The molecule has 2 aromatic rings. The number of rotatable bonds is 3. The summed E-state index contributed by atoms with van der Waals surface area (Å²) < 4.78 is 13.3. The third kappa shape index (κ3) is 3.16. The Morgan fingerprint density at radius 3 is 2.63 bits per heavy atom. The molecule has 27 heavy (non-hydrogen) atoms. The van der Waals surface area contributed by atoms with Gasteiger partial charge in [-0.3, -0.25) is 9.48 Å². The van der Waals surface area contributed by atoms with Crippen LogP contribution in [0, 0.1) is 12.3 Å². The minimum Gasteiger partial charge on any atom is -0.425 e. The molecule has 1 unspecified atom stereocenters. The molecule has 0 N–H and O–H groups in total. The van der Waals surface area contributed by atoms with Crippen molar-refractivity contribution >= 4 is 5.91 Å². The highest BCUT2D eigenvalue weighted by Crippen LogP contribution is 2.49. The van der Waals surface area contributed by atoms with Crippen LogP contribution in [0.5, 0.6) is 0 Å². The van der Waals surface area contributed by atoms with Crippen molar-refractivity contribution in [2.24, 2.45) is 12.5 Å². The molecular weight excluding hydrogens is 346 g/mol. The number of ether oxygens (including phenoxy) is 1. The molecule has 1 amide bonds. The Morgan fingerprint density at radius 1 is 1.30 bits per heavy atom. The highest BCUT2D eigenvalue weighted by atomic mass is 16.5. The van der Waals surface area contributed by atoms with Gasteiger partial charge in [-0.25, -0.2) is 0 Å². The second kappa shape index (κ2) is 6.74. The molecule has 1 atom stereocenters. The van der Waals surface area contributed by atoms with Gasteiger partial charge in [-0.1, -0.05) is 13.8 Å². The normalized spacial score (nSPS) is 22.1. The molecular formula is C19H27N5O3. The van der Waals surface area contributed by atoms with Crippen LogP contribution in [0.15, 0.2) is 10.5 Å². The molecule has 2 aromatic heterocycles. The van der Waals surface area contributed by atoms with Gasteiger partial charge in [0.2, 0.25) is 11.8 Å². The molecule has 2 aliphatic rings. The first-order valence-electron chi connectivity index (χ1n) is 9.60. The fraction of sp³-hybridized carbons (Fsp3) is 0.684. The SMILES string of the molecule is Cc1cc(C(=O)N2CC(c3nnc(C(C)C)o3)C3(CCOCC3)C2)nn1C. The van der Waals surface area contributed by atoms with Gasteiger partial charge in [-0.15, -0.1) is 10.2 Å².